The molecule has 3 aromatic carbocycles. The number of nitrogens with zero attached hydrogens (tertiary/aromatic N) is 4. The number of ether oxygens (including phenoxy) is 1. The number of amides is 2. The van der Waals surface area contributed by atoms with Crippen LogP contribution in [0.25, 0.3) is 11.5 Å². The molecule has 0 bridgehead atoms. The molecule has 0 fully saturated rings. The molecule has 1 unspecified atom stereocenters. The van der Waals surface area contributed by atoms with Crippen LogP contribution >= 0.6 is 11.6 Å². The van der Waals surface area contributed by atoms with Gasteiger partial charge in [0.05, 0.1) is 36.8 Å². The first-order valence-electron chi connectivity index (χ1n) is 12.7. The molecule has 39 heavy (non-hydrogen) atoms. The lowest BCUT2D eigenvalue weighted by molar-refractivity contribution is 0.194. The lowest BCUT2D eigenvalue weighted by atomic mass is 10.0. The van der Waals surface area contributed by atoms with Gasteiger partial charge in [-0.05, 0) is 73.5 Å². The predicted molar refractivity (Wildman–Crippen MR) is 153 cm³/mol. The molecule has 0 saturated heterocycles. The maximum atomic E-state index is 14.1. The van der Waals surface area contributed by atoms with Gasteiger partial charge in [-0.3, -0.25) is 0 Å². The van der Waals surface area contributed by atoms with E-state index in [1.165, 1.54) is 0 Å². The van der Waals surface area contributed by atoms with Gasteiger partial charge in [-0.15, -0.1) is 0 Å². The zero-order valence-electron chi connectivity index (χ0n) is 21.9. The van der Waals surface area contributed by atoms with E-state index in [4.69, 9.17) is 21.4 Å². The van der Waals surface area contributed by atoms with Crippen LogP contribution in [-0.4, -0.2) is 32.4 Å². The summed E-state index contributed by atoms with van der Waals surface area (Å²) in [4.78, 5) is 15.9. The number of nitrogens with one attached hydrogen (secondary N) is 1. The Labute approximate surface area is 232 Å². The van der Waals surface area contributed by atoms with Gasteiger partial charge in [0.2, 0.25) is 0 Å². The summed E-state index contributed by atoms with van der Waals surface area (Å²) in [6, 6.07) is 26.9. The quantitative estimate of drug-likeness (QED) is 0.266. The van der Waals surface area contributed by atoms with Crippen LogP contribution in [-0.2, 0) is 6.54 Å². The minimum atomic E-state index is -0.396. The highest BCUT2D eigenvalue weighted by molar-refractivity contribution is 6.31. The zero-order chi connectivity index (χ0) is 27.1. The van der Waals surface area contributed by atoms with E-state index >= 15 is 0 Å². The van der Waals surface area contributed by atoms with Crippen molar-refractivity contribution in [3.8, 4) is 17.3 Å². The number of carbonyl (C=O) groups is 1. The van der Waals surface area contributed by atoms with Gasteiger partial charge < -0.3 is 19.5 Å². The van der Waals surface area contributed by atoms with Crippen LogP contribution in [0.2, 0.25) is 5.02 Å². The summed E-state index contributed by atoms with van der Waals surface area (Å²) in [7, 11) is 1.65. The summed E-state index contributed by atoms with van der Waals surface area (Å²) in [5.41, 5.74) is 6.24. The maximum Gasteiger partial charge on any atom is 0.322 e. The molecule has 3 heterocycles. The Kier molecular flexibility index (Phi) is 6.37. The molecule has 0 spiro atoms. The lowest BCUT2D eigenvalue weighted by Gasteiger charge is -2.31. The number of para-hydroxylation sites is 1. The summed E-state index contributed by atoms with van der Waals surface area (Å²) in [5.74, 6) is 1.64. The Balaban J connectivity index is 1.53. The summed E-state index contributed by atoms with van der Waals surface area (Å²) < 4.78 is 9.65. The molecule has 0 aliphatic carbocycles. The second kappa shape index (κ2) is 10.0. The molecule has 2 amide bonds. The molecule has 7 nitrogen and oxygen atoms in total. The number of rotatable bonds is 4. The van der Waals surface area contributed by atoms with Crippen molar-refractivity contribution in [1.29, 1.82) is 0 Å². The molecule has 1 aliphatic heterocycles. The van der Waals surface area contributed by atoms with E-state index in [1.54, 1.807) is 13.2 Å². The fourth-order valence-electron chi connectivity index (χ4n) is 5.18. The van der Waals surface area contributed by atoms with Gasteiger partial charge in [0, 0.05) is 22.5 Å². The Morgan fingerprint density at radius 3 is 2.59 bits per heavy atom. The SMILES string of the molecule is COc1cccc(C2c3cccn3-c3c(c(C)nn3-c3ccccc3)CN2C(=O)Nc2ccc(C)c(Cl)c2)c1. The standard InChI is InChI=1S/C31H28ClN5O2/c1-20-14-15-23(18-27(20)32)33-31(38)36-19-26-21(2)34-37(24-10-5-4-6-11-24)30(26)35-16-8-13-28(35)29(36)22-9-7-12-25(17-22)39-3/h4-18,29H,19H2,1-3H3,(H,33,38). The van der Waals surface area contributed by atoms with Crippen LogP contribution in [0.5, 0.6) is 5.75 Å². The first-order valence-corrected chi connectivity index (χ1v) is 13.1. The normalized spacial score (nSPS) is 14.4. The minimum Gasteiger partial charge on any atom is -0.497 e. The number of halogens is 1. The van der Waals surface area contributed by atoms with E-state index in [2.05, 4.69) is 16.0 Å². The average Bonchev–Trinajstić information content (AvgIpc) is 3.51. The summed E-state index contributed by atoms with van der Waals surface area (Å²) in [6.07, 6.45) is 2.03. The Morgan fingerprint density at radius 1 is 1.00 bits per heavy atom. The third-order valence-electron chi connectivity index (χ3n) is 7.18. The number of aromatic nitrogens is 3. The molecule has 0 radical (unpaired) electrons. The van der Waals surface area contributed by atoms with Crippen molar-refractivity contribution in [2.45, 2.75) is 26.4 Å². The molecule has 2 aromatic heterocycles. The molecule has 0 saturated carbocycles. The van der Waals surface area contributed by atoms with Crippen LogP contribution in [0.15, 0.2) is 91.1 Å². The van der Waals surface area contributed by atoms with Crippen LogP contribution in [0.3, 0.4) is 0 Å². The Bertz CT molecular complexity index is 1670. The number of aryl methyl sites for hydroxylation is 2. The molecule has 1 atom stereocenters. The number of fused-ring (bicyclic) bond motifs is 3. The van der Waals surface area contributed by atoms with Gasteiger partial charge in [0.15, 0.2) is 0 Å². The average molecular weight is 538 g/mol. The van der Waals surface area contributed by atoms with Crippen LogP contribution in [0, 0.1) is 13.8 Å². The van der Waals surface area contributed by atoms with E-state index < -0.39 is 6.04 Å². The minimum absolute atomic E-state index is 0.241. The zero-order valence-corrected chi connectivity index (χ0v) is 22.7. The maximum absolute atomic E-state index is 14.1. The van der Waals surface area contributed by atoms with E-state index in [9.17, 15) is 4.79 Å². The highest BCUT2D eigenvalue weighted by Crippen LogP contribution is 2.39. The van der Waals surface area contributed by atoms with Crippen molar-refractivity contribution in [3.05, 3.63) is 124 Å². The number of anilines is 1. The highest BCUT2D eigenvalue weighted by Gasteiger charge is 2.36. The number of hydrogen-bond donors (Lipinski definition) is 1. The molecule has 1 aliphatic rings. The molecule has 1 N–H and O–H groups in total. The van der Waals surface area contributed by atoms with E-state index in [0.717, 1.165) is 45.3 Å². The predicted octanol–water partition coefficient (Wildman–Crippen LogP) is 7.08. The second-order valence-corrected chi connectivity index (χ2v) is 10.0. The van der Waals surface area contributed by atoms with E-state index in [-0.39, 0.29) is 6.03 Å². The number of hydrogen-bond acceptors (Lipinski definition) is 3. The fourth-order valence-corrected chi connectivity index (χ4v) is 5.36. The smallest absolute Gasteiger partial charge is 0.322 e. The van der Waals surface area contributed by atoms with Crippen molar-refractivity contribution in [2.24, 2.45) is 0 Å². The number of carbonyl (C=O) groups excluding carboxylic acids is 1. The van der Waals surface area contributed by atoms with Crippen molar-refractivity contribution < 1.29 is 9.53 Å². The van der Waals surface area contributed by atoms with Gasteiger partial charge in [0.25, 0.3) is 0 Å². The van der Waals surface area contributed by atoms with Crippen LogP contribution in [0.1, 0.15) is 34.1 Å². The Hall–Kier alpha value is -4.49. The first-order chi connectivity index (χ1) is 18.9. The van der Waals surface area contributed by atoms with Gasteiger partial charge >= 0.3 is 6.03 Å². The van der Waals surface area contributed by atoms with Crippen molar-refractivity contribution in [3.63, 3.8) is 0 Å². The molecular weight excluding hydrogens is 510 g/mol. The van der Waals surface area contributed by atoms with Crippen molar-refractivity contribution in [2.75, 3.05) is 12.4 Å². The number of benzene rings is 3. The van der Waals surface area contributed by atoms with Crippen molar-refractivity contribution in [1.82, 2.24) is 19.2 Å². The monoisotopic (exact) mass is 537 g/mol. The van der Waals surface area contributed by atoms with Crippen LogP contribution < -0.4 is 10.1 Å². The second-order valence-electron chi connectivity index (χ2n) is 9.64. The topological polar surface area (TPSA) is 64.3 Å². The van der Waals surface area contributed by atoms with Gasteiger partial charge in [-0.1, -0.05) is 48.0 Å². The number of urea groups is 1. The van der Waals surface area contributed by atoms with Gasteiger partial charge in [-0.25, -0.2) is 9.48 Å². The third kappa shape index (κ3) is 4.45. The lowest BCUT2D eigenvalue weighted by Crippen LogP contribution is -2.38. The largest absolute Gasteiger partial charge is 0.497 e. The highest BCUT2D eigenvalue weighted by atomic mass is 35.5. The molecular formula is C31H28ClN5O2. The Morgan fingerprint density at radius 2 is 1.82 bits per heavy atom. The third-order valence-corrected chi connectivity index (χ3v) is 7.59. The fraction of sp³-hybridized carbons (Fsp3) is 0.161. The van der Waals surface area contributed by atoms with Gasteiger partial charge in [-0.2, -0.15) is 5.10 Å². The molecule has 196 valence electrons. The summed E-state index contributed by atoms with van der Waals surface area (Å²) in [5, 5.41) is 8.59. The molecule has 5 aromatic rings. The molecule has 6 rings (SSSR count). The number of methoxy groups -OCH3 is 1. The first kappa shape index (κ1) is 24.8. The van der Waals surface area contributed by atoms with E-state index in [0.29, 0.717) is 17.3 Å². The van der Waals surface area contributed by atoms with Crippen LogP contribution in [0.4, 0.5) is 10.5 Å². The van der Waals surface area contributed by atoms with E-state index in [1.807, 2.05) is 102 Å². The summed E-state index contributed by atoms with van der Waals surface area (Å²) in [6.45, 7) is 4.27. The summed E-state index contributed by atoms with van der Waals surface area (Å²) >= 11 is 6.37. The van der Waals surface area contributed by atoms with Gasteiger partial charge in [0.1, 0.15) is 11.6 Å². The molecule has 8 heteroatoms. The van der Waals surface area contributed by atoms with Crippen molar-refractivity contribution >= 4 is 23.3 Å².